The molecule has 3 nitrogen and oxygen atoms in total. The smallest absolute Gasteiger partial charge is 0.222 e. The maximum Gasteiger partial charge on any atom is 0.222 e. The Morgan fingerprint density at radius 2 is 2.13 bits per heavy atom. The SMILES string of the molecule is CC(CCl)CCCNc1ncc(I)cn1. The van der Waals surface area contributed by atoms with Gasteiger partial charge in [0, 0.05) is 28.4 Å². The Hall–Kier alpha value is -0.100. The second-order valence-electron chi connectivity index (χ2n) is 3.55. The molecule has 1 N–H and O–H groups in total. The fourth-order valence-corrected chi connectivity index (χ4v) is 1.56. The molecule has 1 aromatic rings. The summed E-state index contributed by atoms with van der Waals surface area (Å²) in [5, 5.41) is 3.18. The zero-order valence-electron chi connectivity index (χ0n) is 8.71. The van der Waals surface area contributed by atoms with Crippen molar-refractivity contribution in [2.75, 3.05) is 17.7 Å². The van der Waals surface area contributed by atoms with E-state index in [-0.39, 0.29) is 0 Å². The van der Waals surface area contributed by atoms with Crippen molar-refractivity contribution in [1.82, 2.24) is 9.97 Å². The molecule has 0 spiro atoms. The normalized spacial score (nSPS) is 12.5. The maximum absolute atomic E-state index is 5.72. The van der Waals surface area contributed by atoms with Gasteiger partial charge in [-0.15, -0.1) is 11.6 Å². The van der Waals surface area contributed by atoms with Gasteiger partial charge in [-0.2, -0.15) is 0 Å². The Bertz CT molecular complexity index is 279. The number of rotatable bonds is 6. The molecule has 15 heavy (non-hydrogen) atoms. The third-order valence-corrected chi connectivity index (χ3v) is 3.12. The highest BCUT2D eigenvalue weighted by Gasteiger charge is 1.99. The minimum absolute atomic E-state index is 0.589. The molecule has 0 radical (unpaired) electrons. The first-order chi connectivity index (χ1) is 7.22. The quantitative estimate of drug-likeness (QED) is 0.491. The van der Waals surface area contributed by atoms with Gasteiger partial charge in [0.1, 0.15) is 0 Å². The Labute approximate surface area is 109 Å². The predicted octanol–water partition coefficient (Wildman–Crippen LogP) is 3.15. The van der Waals surface area contributed by atoms with Crippen LogP contribution in [0.15, 0.2) is 12.4 Å². The molecule has 0 amide bonds. The summed E-state index contributed by atoms with van der Waals surface area (Å²) in [6.07, 6.45) is 5.85. The molecule has 0 aliphatic carbocycles. The van der Waals surface area contributed by atoms with Crippen molar-refractivity contribution in [2.45, 2.75) is 19.8 Å². The van der Waals surface area contributed by atoms with E-state index in [1.54, 1.807) is 12.4 Å². The van der Waals surface area contributed by atoms with Crippen molar-refractivity contribution < 1.29 is 0 Å². The van der Waals surface area contributed by atoms with Gasteiger partial charge in [0.25, 0.3) is 0 Å². The van der Waals surface area contributed by atoms with Gasteiger partial charge in [-0.05, 0) is 41.4 Å². The van der Waals surface area contributed by atoms with Crippen LogP contribution in [0.25, 0.3) is 0 Å². The van der Waals surface area contributed by atoms with Crippen molar-refractivity contribution in [2.24, 2.45) is 5.92 Å². The highest BCUT2D eigenvalue weighted by molar-refractivity contribution is 14.1. The minimum Gasteiger partial charge on any atom is -0.354 e. The summed E-state index contributed by atoms with van der Waals surface area (Å²) in [5.74, 6) is 2.03. The van der Waals surface area contributed by atoms with E-state index in [9.17, 15) is 0 Å². The van der Waals surface area contributed by atoms with E-state index >= 15 is 0 Å². The van der Waals surface area contributed by atoms with E-state index in [0.717, 1.165) is 28.8 Å². The fraction of sp³-hybridized carbons (Fsp3) is 0.600. The lowest BCUT2D eigenvalue weighted by Crippen LogP contribution is -2.07. The Morgan fingerprint density at radius 3 is 2.73 bits per heavy atom. The Balaban J connectivity index is 2.17. The largest absolute Gasteiger partial charge is 0.354 e. The maximum atomic E-state index is 5.72. The summed E-state index contributed by atoms with van der Waals surface area (Å²) in [4.78, 5) is 8.32. The van der Waals surface area contributed by atoms with Gasteiger partial charge in [0.2, 0.25) is 5.95 Å². The number of aromatic nitrogens is 2. The average Bonchev–Trinajstić information content (AvgIpc) is 2.26. The second kappa shape index (κ2) is 7.22. The summed E-state index contributed by atoms with van der Waals surface area (Å²) in [5.41, 5.74) is 0. The summed E-state index contributed by atoms with van der Waals surface area (Å²) < 4.78 is 1.05. The third kappa shape index (κ3) is 5.51. The molecule has 0 saturated carbocycles. The van der Waals surface area contributed by atoms with Crippen LogP contribution >= 0.6 is 34.2 Å². The fourth-order valence-electron chi connectivity index (χ4n) is 1.13. The van der Waals surface area contributed by atoms with Crippen molar-refractivity contribution in [3.05, 3.63) is 16.0 Å². The highest BCUT2D eigenvalue weighted by Crippen LogP contribution is 2.07. The summed E-state index contributed by atoms with van der Waals surface area (Å²) >= 11 is 7.91. The summed E-state index contributed by atoms with van der Waals surface area (Å²) in [6.45, 7) is 3.07. The molecule has 1 atom stereocenters. The number of alkyl halides is 1. The van der Waals surface area contributed by atoms with Crippen LogP contribution in [0.3, 0.4) is 0 Å². The molecule has 5 heteroatoms. The Morgan fingerprint density at radius 1 is 1.47 bits per heavy atom. The van der Waals surface area contributed by atoms with E-state index in [2.05, 4.69) is 44.8 Å². The lowest BCUT2D eigenvalue weighted by atomic mass is 10.1. The minimum atomic E-state index is 0.589. The molecule has 1 unspecified atom stereocenters. The van der Waals surface area contributed by atoms with Crippen LogP contribution in [0.4, 0.5) is 5.95 Å². The van der Waals surface area contributed by atoms with Gasteiger partial charge in [-0.3, -0.25) is 0 Å². The first-order valence-corrected chi connectivity index (χ1v) is 6.61. The van der Waals surface area contributed by atoms with Crippen LogP contribution in [0.5, 0.6) is 0 Å². The van der Waals surface area contributed by atoms with Crippen LogP contribution < -0.4 is 5.32 Å². The molecule has 0 saturated heterocycles. The average molecular weight is 340 g/mol. The van der Waals surface area contributed by atoms with Crippen LogP contribution in [0, 0.1) is 9.49 Å². The highest BCUT2D eigenvalue weighted by atomic mass is 127. The monoisotopic (exact) mass is 339 g/mol. The molecule has 0 fully saturated rings. The molecule has 1 heterocycles. The van der Waals surface area contributed by atoms with Crippen LogP contribution in [0.2, 0.25) is 0 Å². The van der Waals surface area contributed by atoms with Gasteiger partial charge in [-0.25, -0.2) is 9.97 Å². The molecule has 0 aliphatic rings. The van der Waals surface area contributed by atoms with Crippen molar-refractivity contribution >= 4 is 40.1 Å². The van der Waals surface area contributed by atoms with Gasteiger partial charge >= 0.3 is 0 Å². The zero-order valence-corrected chi connectivity index (χ0v) is 11.6. The Kier molecular flexibility index (Phi) is 6.24. The molecule has 1 aromatic heterocycles. The predicted molar refractivity (Wildman–Crippen MR) is 72.4 cm³/mol. The second-order valence-corrected chi connectivity index (χ2v) is 5.11. The number of nitrogens with zero attached hydrogens (tertiary/aromatic N) is 2. The van der Waals surface area contributed by atoms with Gasteiger partial charge < -0.3 is 5.32 Å². The first kappa shape index (κ1) is 13.0. The molecular formula is C10H15ClIN3. The van der Waals surface area contributed by atoms with E-state index in [1.165, 1.54) is 0 Å². The van der Waals surface area contributed by atoms with E-state index in [0.29, 0.717) is 11.9 Å². The number of hydrogen-bond donors (Lipinski definition) is 1. The molecule has 0 aliphatic heterocycles. The van der Waals surface area contributed by atoms with Crippen LogP contribution in [-0.4, -0.2) is 22.4 Å². The number of anilines is 1. The van der Waals surface area contributed by atoms with Crippen molar-refractivity contribution in [3.63, 3.8) is 0 Å². The molecule has 84 valence electrons. The lowest BCUT2D eigenvalue weighted by Gasteiger charge is -2.07. The molecule has 0 bridgehead atoms. The van der Waals surface area contributed by atoms with Crippen LogP contribution in [0.1, 0.15) is 19.8 Å². The standard InChI is InChI=1S/C10H15ClIN3/c1-8(5-11)3-2-4-13-10-14-6-9(12)7-15-10/h6-8H,2-5H2,1H3,(H,13,14,15). The lowest BCUT2D eigenvalue weighted by molar-refractivity contribution is 0.572. The van der Waals surface area contributed by atoms with Crippen LogP contribution in [-0.2, 0) is 0 Å². The van der Waals surface area contributed by atoms with Gasteiger partial charge in [0.05, 0.1) is 0 Å². The first-order valence-electron chi connectivity index (χ1n) is 4.99. The number of nitrogens with one attached hydrogen (secondary N) is 1. The number of halogens is 2. The van der Waals surface area contributed by atoms with Gasteiger partial charge in [0.15, 0.2) is 0 Å². The summed E-state index contributed by atoms with van der Waals surface area (Å²) in [6, 6.07) is 0. The van der Waals surface area contributed by atoms with Crippen molar-refractivity contribution in [3.8, 4) is 0 Å². The topological polar surface area (TPSA) is 37.8 Å². The van der Waals surface area contributed by atoms with Gasteiger partial charge in [-0.1, -0.05) is 6.92 Å². The molecular weight excluding hydrogens is 324 g/mol. The van der Waals surface area contributed by atoms with E-state index in [1.807, 2.05) is 0 Å². The molecule has 1 rings (SSSR count). The molecule has 0 aromatic carbocycles. The zero-order chi connectivity index (χ0) is 11.1. The van der Waals surface area contributed by atoms with E-state index in [4.69, 9.17) is 11.6 Å². The van der Waals surface area contributed by atoms with Crippen molar-refractivity contribution in [1.29, 1.82) is 0 Å². The third-order valence-electron chi connectivity index (χ3n) is 2.04. The van der Waals surface area contributed by atoms with E-state index < -0.39 is 0 Å². The number of hydrogen-bond acceptors (Lipinski definition) is 3. The summed E-state index contributed by atoms with van der Waals surface area (Å²) in [7, 11) is 0.